The van der Waals surface area contributed by atoms with E-state index in [4.69, 9.17) is 17.5 Å². The molecule has 0 bridgehead atoms. The summed E-state index contributed by atoms with van der Waals surface area (Å²) in [5.74, 6) is 0.483. The number of phenolic OH excluding ortho intramolecular Hbond substituents is 1. The Labute approximate surface area is 165 Å². The zero-order valence-corrected chi connectivity index (χ0v) is 17.0. The van der Waals surface area contributed by atoms with E-state index < -0.39 is 10.4 Å². The molecule has 1 atom stereocenters. The monoisotopic (exact) mass is 413 g/mol. The molecule has 0 amide bonds. The van der Waals surface area contributed by atoms with Gasteiger partial charge in [-0.25, -0.2) is 0 Å². The van der Waals surface area contributed by atoms with Gasteiger partial charge >= 0.3 is 10.4 Å². The van der Waals surface area contributed by atoms with Crippen LogP contribution in [0.5, 0.6) is 5.75 Å². The molecule has 150 valence electrons. The largest absolute Gasteiger partial charge is 0.508 e. The first-order chi connectivity index (χ1) is 12.8. The summed E-state index contributed by atoms with van der Waals surface area (Å²) in [6.07, 6.45) is 5.60. The maximum absolute atomic E-state index is 10.0. The minimum Gasteiger partial charge on any atom is -0.508 e. The van der Waals surface area contributed by atoms with Gasteiger partial charge in [0.2, 0.25) is 0 Å². The zero-order chi connectivity index (χ0) is 19.9. The van der Waals surface area contributed by atoms with Gasteiger partial charge in [0.1, 0.15) is 5.75 Å². The molecule has 0 spiro atoms. The van der Waals surface area contributed by atoms with Crippen LogP contribution in [0.15, 0.2) is 35.7 Å². The summed E-state index contributed by atoms with van der Waals surface area (Å²) in [6, 6.07) is 11.0. The molecule has 1 aromatic heterocycles. The molecule has 0 unspecified atom stereocenters. The van der Waals surface area contributed by atoms with E-state index in [0.717, 1.165) is 32.2 Å². The highest BCUT2D eigenvalue weighted by atomic mass is 32.3. The first-order valence-corrected chi connectivity index (χ1v) is 11.3. The Morgan fingerprint density at radius 3 is 2.56 bits per heavy atom. The SMILES string of the molecule is CCCN(CCc1cccs1)[C@H]1CCc2c(O)cccc2C1.O=S(=O)(O)O. The Bertz CT molecular complexity index is 798. The lowest BCUT2D eigenvalue weighted by atomic mass is 9.86. The van der Waals surface area contributed by atoms with Crippen molar-refractivity contribution in [2.75, 3.05) is 13.1 Å². The summed E-state index contributed by atoms with van der Waals surface area (Å²) in [4.78, 5) is 4.14. The quantitative estimate of drug-likeness (QED) is 0.626. The van der Waals surface area contributed by atoms with Crippen molar-refractivity contribution < 1.29 is 22.6 Å². The number of hydrogen-bond donors (Lipinski definition) is 3. The third-order valence-electron chi connectivity index (χ3n) is 4.68. The highest BCUT2D eigenvalue weighted by Crippen LogP contribution is 2.30. The fourth-order valence-corrected chi connectivity index (χ4v) is 4.25. The van der Waals surface area contributed by atoms with Crippen LogP contribution in [-0.2, 0) is 29.7 Å². The highest BCUT2D eigenvalue weighted by Gasteiger charge is 2.25. The lowest BCUT2D eigenvalue weighted by Crippen LogP contribution is -2.41. The predicted molar refractivity (Wildman–Crippen MR) is 108 cm³/mol. The average molecular weight is 414 g/mol. The molecule has 3 N–H and O–H groups in total. The van der Waals surface area contributed by atoms with Crippen molar-refractivity contribution in [1.82, 2.24) is 4.90 Å². The zero-order valence-electron chi connectivity index (χ0n) is 15.4. The number of rotatable bonds is 6. The van der Waals surface area contributed by atoms with Crippen molar-refractivity contribution in [2.24, 2.45) is 0 Å². The van der Waals surface area contributed by atoms with Crippen molar-refractivity contribution in [1.29, 1.82) is 0 Å². The number of thiophene rings is 1. The summed E-state index contributed by atoms with van der Waals surface area (Å²) < 4.78 is 31.6. The first kappa shape index (κ1) is 21.8. The number of nitrogens with zero attached hydrogens (tertiary/aromatic N) is 1. The Balaban J connectivity index is 0.000000465. The molecule has 1 aliphatic rings. The van der Waals surface area contributed by atoms with Gasteiger partial charge in [0.25, 0.3) is 0 Å². The molecule has 1 aromatic carbocycles. The molecule has 1 aliphatic carbocycles. The predicted octanol–water partition coefficient (Wildman–Crippen LogP) is 3.61. The number of phenols is 1. The van der Waals surface area contributed by atoms with E-state index in [9.17, 15) is 5.11 Å². The number of aromatic hydroxyl groups is 1. The third kappa shape index (κ3) is 7.59. The molecule has 3 rings (SSSR count). The minimum atomic E-state index is -4.67. The molecule has 8 heteroatoms. The molecular formula is C19H27NO5S2. The lowest BCUT2D eigenvalue weighted by molar-refractivity contribution is 0.181. The van der Waals surface area contributed by atoms with Crippen LogP contribution in [-0.4, -0.2) is 46.7 Å². The fraction of sp³-hybridized carbons (Fsp3) is 0.474. The second-order valence-corrected chi connectivity index (χ2v) is 8.55. The van der Waals surface area contributed by atoms with E-state index in [1.807, 2.05) is 23.5 Å². The molecule has 2 aromatic rings. The first-order valence-electron chi connectivity index (χ1n) is 9.04. The maximum atomic E-state index is 10.0. The van der Waals surface area contributed by atoms with Crippen molar-refractivity contribution in [3.8, 4) is 5.75 Å². The molecule has 0 fully saturated rings. The molecule has 27 heavy (non-hydrogen) atoms. The van der Waals surface area contributed by atoms with E-state index in [0.29, 0.717) is 11.8 Å². The summed E-state index contributed by atoms with van der Waals surface area (Å²) in [7, 11) is -4.67. The van der Waals surface area contributed by atoms with Crippen LogP contribution in [0, 0.1) is 0 Å². The van der Waals surface area contributed by atoms with Gasteiger partial charge in [-0.2, -0.15) is 8.42 Å². The maximum Gasteiger partial charge on any atom is 0.394 e. The fourth-order valence-electron chi connectivity index (χ4n) is 3.55. The molecule has 0 radical (unpaired) electrons. The molecule has 0 saturated heterocycles. The standard InChI is InChI=1S/C19H25NOS.H2O4S/c1-2-11-20(12-10-17-6-4-13-22-17)16-8-9-18-15(14-16)5-3-7-19(18)21;1-5(2,3)4/h3-7,13,16,21H,2,8-12,14H2,1H3;(H2,1,2,3,4)/t16-;/m0./s1. The van der Waals surface area contributed by atoms with Gasteiger partial charge in [-0.1, -0.05) is 25.1 Å². The van der Waals surface area contributed by atoms with Crippen molar-refractivity contribution in [2.45, 2.75) is 45.1 Å². The van der Waals surface area contributed by atoms with Gasteiger partial charge in [0, 0.05) is 17.5 Å². The number of fused-ring (bicyclic) bond motifs is 1. The number of hydrogen-bond acceptors (Lipinski definition) is 5. The van der Waals surface area contributed by atoms with E-state index in [2.05, 4.69) is 35.4 Å². The normalized spacial score (nSPS) is 16.5. The molecular weight excluding hydrogens is 386 g/mol. The van der Waals surface area contributed by atoms with E-state index in [1.165, 1.54) is 29.0 Å². The van der Waals surface area contributed by atoms with Gasteiger partial charge < -0.3 is 5.11 Å². The van der Waals surface area contributed by atoms with Crippen LogP contribution < -0.4 is 0 Å². The lowest BCUT2D eigenvalue weighted by Gasteiger charge is -2.35. The smallest absolute Gasteiger partial charge is 0.394 e. The van der Waals surface area contributed by atoms with Crippen LogP contribution >= 0.6 is 11.3 Å². The average Bonchev–Trinajstić information content (AvgIpc) is 3.10. The van der Waals surface area contributed by atoms with Gasteiger partial charge in [0.15, 0.2) is 0 Å². The van der Waals surface area contributed by atoms with Crippen LogP contribution in [0.3, 0.4) is 0 Å². The van der Waals surface area contributed by atoms with Gasteiger partial charge in [-0.15, -0.1) is 11.3 Å². The van der Waals surface area contributed by atoms with Crippen LogP contribution in [0.4, 0.5) is 0 Å². The topological polar surface area (TPSA) is 98.1 Å². The Morgan fingerprint density at radius 2 is 1.93 bits per heavy atom. The van der Waals surface area contributed by atoms with Crippen molar-refractivity contribution in [3.05, 3.63) is 51.7 Å². The molecule has 1 heterocycles. The molecule has 0 saturated carbocycles. The van der Waals surface area contributed by atoms with Crippen LogP contribution in [0.1, 0.15) is 35.8 Å². The number of benzene rings is 1. The van der Waals surface area contributed by atoms with Gasteiger partial charge in [0.05, 0.1) is 0 Å². The van der Waals surface area contributed by atoms with E-state index >= 15 is 0 Å². The minimum absolute atomic E-state index is 0.483. The summed E-state index contributed by atoms with van der Waals surface area (Å²) >= 11 is 1.86. The van der Waals surface area contributed by atoms with E-state index in [-0.39, 0.29) is 0 Å². The molecule has 0 aliphatic heterocycles. The van der Waals surface area contributed by atoms with Crippen LogP contribution in [0.2, 0.25) is 0 Å². The summed E-state index contributed by atoms with van der Waals surface area (Å²) in [6.45, 7) is 4.58. The Hall–Kier alpha value is -1.45. The Kier molecular flexibility index (Phi) is 8.25. The second-order valence-electron chi connectivity index (χ2n) is 6.62. The van der Waals surface area contributed by atoms with Crippen LogP contribution in [0.25, 0.3) is 0 Å². The third-order valence-corrected chi connectivity index (χ3v) is 5.62. The highest BCUT2D eigenvalue weighted by molar-refractivity contribution is 7.79. The van der Waals surface area contributed by atoms with E-state index in [1.54, 1.807) is 0 Å². The van der Waals surface area contributed by atoms with Crippen molar-refractivity contribution in [3.63, 3.8) is 0 Å². The van der Waals surface area contributed by atoms with Gasteiger partial charge in [-0.3, -0.25) is 14.0 Å². The Morgan fingerprint density at radius 1 is 1.19 bits per heavy atom. The summed E-state index contributed by atoms with van der Waals surface area (Å²) in [5.41, 5.74) is 2.52. The van der Waals surface area contributed by atoms with Gasteiger partial charge in [-0.05, 0) is 67.3 Å². The summed E-state index contributed by atoms with van der Waals surface area (Å²) in [5, 5.41) is 12.2. The van der Waals surface area contributed by atoms with Crippen molar-refractivity contribution >= 4 is 21.7 Å². The second kappa shape index (κ2) is 10.2. The molecule has 6 nitrogen and oxygen atoms in total.